The Labute approximate surface area is 142 Å². The van der Waals surface area contributed by atoms with Crippen molar-refractivity contribution in [3.8, 4) is 0 Å². The number of carbonyl (C=O) groups excluding carboxylic acids is 1. The van der Waals surface area contributed by atoms with Crippen molar-refractivity contribution in [3.63, 3.8) is 0 Å². The molecule has 0 saturated carbocycles. The van der Waals surface area contributed by atoms with Gasteiger partial charge >= 0.3 is 5.69 Å². The Balaban J connectivity index is 3.43. The first-order chi connectivity index (χ1) is 11.2. The van der Waals surface area contributed by atoms with Crippen molar-refractivity contribution in [2.45, 2.75) is 60.4 Å². The quantitative estimate of drug-likeness (QED) is 0.756. The molecule has 0 fully saturated rings. The van der Waals surface area contributed by atoms with E-state index in [-0.39, 0.29) is 29.2 Å². The first kappa shape index (κ1) is 20.0. The molecule has 0 aliphatic carbocycles. The molecule has 1 rings (SSSR count). The summed E-state index contributed by atoms with van der Waals surface area (Å²) in [6.07, 6.45) is 1.97. The third-order valence-electron chi connectivity index (χ3n) is 3.65. The van der Waals surface area contributed by atoms with Gasteiger partial charge in [0.15, 0.2) is 5.69 Å². The van der Waals surface area contributed by atoms with E-state index in [1.54, 1.807) is 0 Å². The summed E-state index contributed by atoms with van der Waals surface area (Å²) >= 11 is 0. The molecular weight excluding hydrogens is 308 g/mol. The number of hydrogen-bond acceptors (Lipinski definition) is 4. The molecule has 0 aliphatic rings. The molecule has 0 bridgehead atoms. The van der Waals surface area contributed by atoms with Gasteiger partial charge in [0.1, 0.15) is 5.82 Å². The van der Waals surface area contributed by atoms with Gasteiger partial charge in [-0.2, -0.15) is 0 Å². The number of H-pyrrole nitrogens is 1. The van der Waals surface area contributed by atoms with Crippen LogP contribution >= 0.6 is 0 Å². The molecule has 0 unspecified atom stereocenters. The topological polar surface area (TPSA) is 101 Å². The Bertz CT molecular complexity index is 673. The van der Waals surface area contributed by atoms with Gasteiger partial charge in [-0.15, -0.1) is 0 Å². The second-order valence-electron chi connectivity index (χ2n) is 6.99. The zero-order chi connectivity index (χ0) is 18.4. The van der Waals surface area contributed by atoms with Gasteiger partial charge in [-0.05, 0) is 18.3 Å². The summed E-state index contributed by atoms with van der Waals surface area (Å²) in [7, 11) is 0. The van der Waals surface area contributed by atoms with Crippen LogP contribution in [-0.4, -0.2) is 22.0 Å². The number of nitrogen functional groups attached to an aromatic ring is 1. The van der Waals surface area contributed by atoms with E-state index in [1.165, 1.54) is 9.47 Å². The monoisotopic (exact) mass is 338 g/mol. The van der Waals surface area contributed by atoms with Crippen molar-refractivity contribution in [2.75, 3.05) is 17.2 Å². The van der Waals surface area contributed by atoms with Crippen LogP contribution < -0.4 is 21.9 Å². The van der Waals surface area contributed by atoms with Gasteiger partial charge in [0.2, 0.25) is 5.91 Å². The minimum Gasteiger partial charge on any atom is -0.383 e. The number of unbranched alkanes of at least 4 members (excludes halogenated alkanes) is 1. The van der Waals surface area contributed by atoms with Crippen LogP contribution in [0.1, 0.15) is 53.9 Å². The van der Waals surface area contributed by atoms with E-state index >= 15 is 0 Å². The van der Waals surface area contributed by atoms with E-state index < -0.39 is 11.2 Å². The van der Waals surface area contributed by atoms with Crippen LogP contribution in [-0.2, 0) is 11.3 Å². The Morgan fingerprint density at radius 1 is 1.21 bits per heavy atom. The number of nitrogens with two attached hydrogens (primary N) is 1. The molecule has 24 heavy (non-hydrogen) atoms. The van der Waals surface area contributed by atoms with Gasteiger partial charge in [0.25, 0.3) is 5.56 Å². The molecule has 7 nitrogen and oxygen atoms in total. The minimum absolute atomic E-state index is 0.0648. The molecule has 0 aromatic carbocycles. The van der Waals surface area contributed by atoms with Crippen LogP contribution in [0.3, 0.4) is 0 Å². The lowest BCUT2D eigenvalue weighted by Crippen LogP contribution is -2.43. The fraction of sp³-hybridized carbons (Fsp3) is 0.706. The van der Waals surface area contributed by atoms with E-state index in [1.807, 2.05) is 34.6 Å². The van der Waals surface area contributed by atoms with Crippen LogP contribution in [0.4, 0.5) is 11.5 Å². The van der Waals surface area contributed by atoms with Crippen molar-refractivity contribution in [2.24, 2.45) is 11.8 Å². The van der Waals surface area contributed by atoms with Crippen molar-refractivity contribution in [1.82, 2.24) is 9.55 Å². The maximum atomic E-state index is 12.6. The largest absolute Gasteiger partial charge is 0.383 e. The number of aromatic amines is 1. The van der Waals surface area contributed by atoms with E-state index in [2.05, 4.69) is 4.98 Å². The van der Waals surface area contributed by atoms with Crippen molar-refractivity contribution < 1.29 is 4.79 Å². The normalized spacial score (nSPS) is 11.3. The third kappa shape index (κ3) is 4.97. The Kier molecular flexibility index (Phi) is 7.25. The second kappa shape index (κ2) is 8.70. The van der Waals surface area contributed by atoms with Crippen LogP contribution in [0.5, 0.6) is 0 Å². The van der Waals surface area contributed by atoms with Crippen molar-refractivity contribution in [1.29, 1.82) is 0 Å². The van der Waals surface area contributed by atoms with Crippen LogP contribution in [0.15, 0.2) is 9.59 Å². The van der Waals surface area contributed by atoms with Gasteiger partial charge in [0.05, 0.1) is 0 Å². The molecule has 0 atom stereocenters. The molecule has 0 aliphatic heterocycles. The molecule has 0 saturated heterocycles. The zero-order valence-corrected chi connectivity index (χ0v) is 15.4. The van der Waals surface area contributed by atoms with E-state index in [9.17, 15) is 14.4 Å². The lowest BCUT2D eigenvalue weighted by molar-refractivity contribution is -0.119. The lowest BCUT2D eigenvalue weighted by Gasteiger charge is -2.26. The maximum absolute atomic E-state index is 12.6. The summed E-state index contributed by atoms with van der Waals surface area (Å²) in [5.74, 6) is 0.237. The fourth-order valence-corrected chi connectivity index (χ4v) is 2.52. The molecule has 0 radical (unpaired) electrons. The van der Waals surface area contributed by atoms with E-state index in [0.717, 1.165) is 12.8 Å². The maximum Gasteiger partial charge on any atom is 0.330 e. The Morgan fingerprint density at radius 3 is 2.33 bits per heavy atom. The Hall–Kier alpha value is -2.05. The number of hydrogen-bond donors (Lipinski definition) is 2. The van der Waals surface area contributed by atoms with Crippen LogP contribution in [0.25, 0.3) is 0 Å². The molecule has 3 N–H and O–H groups in total. The summed E-state index contributed by atoms with van der Waals surface area (Å²) in [5.41, 5.74) is 5.07. The highest BCUT2D eigenvalue weighted by atomic mass is 16.2. The molecule has 0 spiro atoms. The second-order valence-corrected chi connectivity index (χ2v) is 6.99. The summed E-state index contributed by atoms with van der Waals surface area (Å²) < 4.78 is 1.34. The predicted molar refractivity (Wildman–Crippen MR) is 97.3 cm³/mol. The lowest BCUT2D eigenvalue weighted by atomic mass is 10.1. The number of nitrogens with zero attached hydrogens (tertiary/aromatic N) is 2. The minimum atomic E-state index is -0.608. The highest BCUT2D eigenvalue weighted by Crippen LogP contribution is 2.20. The standard InChI is InChI=1S/C17H30N4O3/c1-6-7-8-20-15(18)14(16(23)19-17(20)24)21(10-12(4)5)13(22)9-11(2)3/h11-12H,6-10,18H2,1-5H3,(H,19,23,24). The van der Waals surface area contributed by atoms with Gasteiger partial charge < -0.3 is 10.6 Å². The smallest absolute Gasteiger partial charge is 0.330 e. The summed E-state index contributed by atoms with van der Waals surface area (Å²) in [4.78, 5) is 40.8. The Morgan fingerprint density at radius 2 is 1.83 bits per heavy atom. The van der Waals surface area contributed by atoms with E-state index in [4.69, 9.17) is 5.73 Å². The first-order valence-electron chi connectivity index (χ1n) is 8.61. The molecule has 1 aromatic heterocycles. The van der Waals surface area contributed by atoms with Gasteiger partial charge in [-0.1, -0.05) is 41.0 Å². The average molecular weight is 338 g/mol. The number of rotatable bonds is 8. The molecule has 1 amide bonds. The molecule has 1 heterocycles. The number of aromatic nitrogens is 2. The summed E-state index contributed by atoms with van der Waals surface area (Å²) in [6.45, 7) is 10.6. The fourth-order valence-electron chi connectivity index (χ4n) is 2.52. The van der Waals surface area contributed by atoms with E-state index in [0.29, 0.717) is 19.5 Å². The molecule has 1 aromatic rings. The van der Waals surface area contributed by atoms with Gasteiger partial charge in [-0.3, -0.25) is 19.1 Å². The molecule has 136 valence electrons. The third-order valence-corrected chi connectivity index (χ3v) is 3.65. The summed E-state index contributed by atoms with van der Waals surface area (Å²) in [5, 5.41) is 0. The number of anilines is 2. The number of carbonyl (C=O) groups is 1. The SMILES string of the molecule is CCCCn1c(N)c(N(CC(C)C)C(=O)CC(C)C)c(=O)[nH]c1=O. The van der Waals surface area contributed by atoms with Gasteiger partial charge in [0, 0.05) is 19.5 Å². The first-order valence-corrected chi connectivity index (χ1v) is 8.61. The van der Waals surface area contributed by atoms with Gasteiger partial charge in [-0.25, -0.2) is 4.79 Å². The molecule has 7 heteroatoms. The highest BCUT2D eigenvalue weighted by Gasteiger charge is 2.25. The predicted octanol–water partition coefficient (Wildman–Crippen LogP) is 1.95. The zero-order valence-electron chi connectivity index (χ0n) is 15.4. The van der Waals surface area contributed by atoms with Crippen LogP contribution in [0.2, 0.25) is 0 Å². The average Bonchev–Trinajstić information content (AvgIpc) is 2.44. The highest BCUT2D eigenvalue weighted by molar-refractivity contribution is 5.95. The van der Waals surface area contributed by atoms with Crippen molar-refractivity contribution >= 4 is 17.4 Å². The summed E-state index contributed by atoms with van der Waals surface area (Å²) in [6, 6.07) is 0. The van der Waals surface area contributed by atoms with Crippen LogP contribution in [0, 0.1) is 11.8 Å². The number of nitrogens with one attached hydrogen (secondary N) is 1. The number of amides is 1. The van der Waals surface area contributed by atoms with Crippen molar-refractivity contribution in [3.05, 3.63) is 20.8 Å². The molecular formula is C17H30N4O3.